The Morgan fingerprint density at radius 2 is 1.95 bits per heavy atom. The predicted octanol–water partition coefficient (Wildman–Crippen LogP) is 2.90. The van der Waals surface area contributed by atoms with Crippen molar-refractivity contribution in [2.45, 2.75) is 33.6 Å². The molecule has 0 aliphatic heterocycles. The van der Waals surface area contributed by atoms with Gasteiger partial charge in [-0.1, -0.05) is 25.5 Å². The molecule has 0 bridgehead atoms. The van der Waals surface area contributed by atoms with E-state index in [1.165, 1.54) is 0 Å². The van der Waals surface area contributed by atoms with Gasteiger partial charge in [-0.05, 0) is 31.9 Å². The molecule has 0 saturated heterocycles. The summed E-state index contributed by atoms with van der Waals surface area (Å²) in [4.78, 5) is 11.2. The van der Waals surface area contributed by atoms with Crippen molar-refractivity contribution in [3.05, 3.63) is 29.3 Å². The molecule has 1 rings (SSSR count). The van der Waals surface area contributed by atoms with E-state index in [4.69, 9.17) is 0 Å². The van der Waals surface area contributed by atoms with Crippen molar-refractivity contribution in [3.63, 3.8) is 0 Å². The first-order valence-electron chi connectivity index (χ1n) is 6.66. The lowest BCUT2D eigenvalue weighted by Gasteiger charge is -2.30. The quantitative estimate of drug-likeness (QED) is 0.709. The number of aliphatic hydroxyl groups is 1. The SMILES string of the molecule is CCC(CC)(CO)CNc1ccc(C)cc1C(=O)O. The summed E-state index contributed by atoms with van der Waals surface area (Å²) in [5.74, 6) is -0.936. The summed E-state index contributed by atoms with van der Waals surface area (Å²) in [5.41, 5.74) is 1.61. The summed E-state index contributed by atoms with van der Waals surface area (Å²) >= 11 is 0. The van der Waals surface area contributed by atoms with Crippen molar-refractivity contribution in [2.24, 2.45) is 5.41 Å². The van der Waals surface area contributed by atoms with Crippen LogP contribution in [0, 0.1) is 12.3 Å². The summed E-state index contributed by atoms with van der Waals surface area (Å²) in [5, 5.41) is 21.9. The van der Waals surface area contributed by atoms with Gasteiger partial charge in [-0.3, -0.25) is 0 Å². The van der Waals surface area contributed by atoms with E-state index in [1.54, 1.807) is 12.1 Å². The minimum atomic E-state index is -0.936. The molecule has 106 valence electrons. The fraction of sp³-hybridized carbons (Fsp3) is 0.533. The fourth-order valence-electron chi connectivity index (χ4n) is 2.05. The van der Waals surface area contributed by atoms with Crippen LogP contribution in [0.1, 0.15) is 42.6 Å². The third kappa shape index (κ3) is 3.70. The van der Waals surface area contributed by atoms with Gasteiger partial charge in [0.15, 0.2) is 0 Å². The van der Waals surface area contributed by atoms with Crippen molar-refractivity contribution in [1.82, 2.24) is 0 Å². The predicted molar refractivity (Wildman–Crippen MR) is 76.7 cm³/mol. The molecule has 0 aliphatic rings. The third-order valence-electron chi connectivity index (χ3n) is 3.89. The standard InChI is InChI=1S/C15H23NO3/c1-4-15(5-2,10-17)9-16-13-7-6-11(3)8-12(13)14(18)19/h6-8,16-17H,4-5,9-10H2,1-3H3,(H,18,19). The first kappa shape index (κ1) is 15.5. The molecule has 0 aromatic heterocycles. The van der Waals surface area contributed by atoms with Crippen molar-refractivity contribution >= 4 is 11.7 Å². The molecular formula is C15H23NO3. The van der Waals surface area contributed by atoms with Crippen molar-refractivity contribution in [2.75, 3.05) is 18.5 Å². The third-order valence-corrected chi connectivity index (χ3v) is 3.89. The molecule has 4 heteroatoms. The zero-order valence-corrected chi connectivity index (χ0v) is 11.9. The number of aryl methyl sites for hydroxylation is 1. The van der Waals surface area contributed by atoms with Gasteiger partial charge in [0.05, 0.1) is 12.2 Å². The number of hydrogen-bond donors (Lipinski definition) is 3. The number of carboxylic acids is 1. The van der Waals surface area contributed by atoms with E-state index in [1.807, 2.05) is 26.8 Å². The molecule has 0 unspecified atom stereocenters. The maximum absolute atomic E-state index is 11.2. The van der Waals surface area contributed by atoms with Gasteiger partial charge >= 0.3 is 5.97 Å². The van der Waals surface area contributed by atoms with Crippen LogP contribution in [0.4, 0.5) is 5.69 Å². The Morgan fingerprint density at radius 1 is 1.32 bits per heavy atom. The van der Waals surface area contributed by atoms with Crippen LogP contribution < -0.4 is 5.32 Å². The molecule has 1 aromatic rings. The molecule has 4 nitrogen and oxygen atoms in total. The van der Waals surface area contributed by atoms with Gasteiger partial charge in [0.2, 0.25) is 0 Å². The molecule has 19 heavy (non-hydrogen) atoms. The number of aromatic carboxylic acids is 1. The van der Waals surface area contributed by atoms with Crippen LogP contribution >= 0.6 is 0 Å². The van der Waals surface area contributed by atoms with Crippen molar-refractivity contribution in [1.29, 1.82) is 0 Å². The minimum Gasteiger partial charge on any atom is -0.478 e. The summed E-state index contributed by atoms with van der Waals surface area (Å²) in [7, 11) is 0. The van der Waals surface area contributed by atoms with Gasteiger partial charge < -0.3 is 15.5 Å². The average Bonchev–Trinajstić information content (AvgIpc) is 2.42. The highest BCUT2D eigenvalue weighted by molar-refractivity contribution is 5.94. The maximum atomic E-state index is 11.2. The summed E-state index contributed by atoms with van der Waals surface area (Å²) in [6, 6.07) is 5.32. The molecule has 0 aliphatic carbocycles. The number of benzene rings is 1. The number of carbonyl (C=O) groups is 1. The minimum absolute atomic E-state index is 0.0985. The molecule has 1 aromatic carbocycles. The highest BCUT2D eigenvalue weighted by Crippen LogP contribution is 2.27. The highest BCUT2D eigenvalue weighted by Gasteiger charge is 2.25. The number of aliphatic hydroxyl groups excluding tert-OH is 1. The van der Waals surface area contributed by atoms with E-state index in [9.17, 15) is 15.0 Å². The van der Waals surface area contributed by atoms with Crippen molar-refractivity contribution in [3.8, 4) is 0 Å². The van der Waals surface area contributed by atoms with Crippen LogP contribution in [-0.2, 0) is 0 Å². The second-order valence-electron chi connectivity index (χ2n) is 5.07. The van der Waals surface area contributed by atoms with E-state index < -0.39 is 5.97 Å². The van der Waals surface area contributed by atoms with E-state index >= 15 is 0 Å². The number of rotatable bonds is 7. The molecule has 0 fully saturated rings. The van der Waals surface area contributed by atoms with Crippen molar-refractivity contribution < 1.29 is 15.0 Å². The van der Waals surface area contributed by atoms with Crippen LogP contribution in [0.3, 0.4) is 0 Å². The normalized spacial score (nSPS) is 11.4. The molecular weight excluding hydrogens is 242 g/mol. The monoisotopic (exact) mass is 265 g/mol. The molecule has 0 spiro atoms. The summed E-state index contributed by atoms with van der Waals surface area (Å²) < 4.78 is 0. The molecule has 0 atom stereocenters. The summed E-state index contributed by atoms with van der Waals surface area (Å²) in [6.45, 7) is 6.61. The molecule has 3 N–H and O–H groups in total. The maximum Gasteiger partial charge on any atom is 0.337 e. The Kier molecular flexibility index (Phi) is 5.36. The van der Waals surface area contributed by atoms with Gasteiger partial charge in [-0.2, -0.15) is 0 Å². The van der Waals surface area contributed by atoms with Gasteiger partial charge in [0.25, 0.3) is 0 Å². The van der Waals surface area contributed by atoms with Crippen LogP contribution in [0.25, 0.3) is 0 Å². The van der Waals surface area contributed by atoms with Crippen LogP contribution in [0.2, 0.25) is 0 Å². The van der Waals surface area contributed by atoms with Crippen LogP contribution in [0.5, 0.6) is 0 Å². The average molecular weight is 265 g/mol. The Bertz CT molecular complexity index is 431. The number of carboxylic acid groups (broad SMARTS) is 1. The molecule has 0 radical (unpaired) electrons. The second-order valence-corrected chi connectivity index (χ2v) is 5.07. The smallest absolute Gasteiger partial charge is 0.337 e. The Morgan fingerprint density at radius 3 is 2.42 bits per heavy atom. The second kappa shape index (κ2) is 6.57. The molecule has 0 amide bonds. The molecule has 0 saturated carbocycles. The fourth-order valence-corrected chi connectivity index (χ4v) is 2.05. The van der Waals surface area contributed by atoms with Crippen LogP contribution in [-0.4, -0.2) is 29.3 Å². The highest BCUT2D eigenvalue weighted by atomic mass is 16.4. The zero-order valence-electron chi connectivity index (χ0n) is 11.9. The van der Waals surface area contributed by atoms with Crippen LogP contribution in [0.15, 0.2) is 18.2 Å². The first-order chi connectivity index (χ1) is 8.98. The van der Waals surface area contributed by atoms with E-state index in [0.29, 0.717) is 12.2 Å². The lowest BCUT2D eigenvalue weighted by Crippen LogP contribution is -2.32. The number of nitrogens with one attached hydrogen (secondary N) is 1. The Labute approximate surface area is 114 Å². The Balaban J connectivity index is 2.91. The van der Waals surface area contributed by atoms with Gasteiger partial charge in [0.1, 0.15) is 0 Å². The van der Waals surface area contributed by atoms with E-state index in [0.717, 1.165) is 18.4 Å². The zero-order chi connectivity index (χ0) is 14.5. The topological polar surface area (TPSA) is 69.6 Å². The van der Waals surface area contributed by atoms with E-state index in [-0.39, 0.29) is 17.6 Å². The lowest BCUT2D eigenvalue weighted by atomic mass is 9.83. The largest absolute Gasteiger partial charge is 0.478 e. The number of anilines is 1. The molecule has 0 heterocycles. The Hall–Kier alpha value is -1.55. The van der Waals surface area contributed by atoms with Gasteiger partial charge in [0, 0.05) is 17.6 Å². The van der Waals surface area contributed by atoms with E-state index in [2.05, 4.69) is 5.32 Å². The lowest BCUT2D eigenvalue weighted by molar-refractivity contribution is 0.0697. The summed E-state index contributed by atoms with van der Waals surface area (Å²) in [6.07, 6.45) is 1.70. The van der Waals surface area contributed by atoms with Gasteiger partial charge in [-0.25, -0.2) is 4.79 Å². The number of hydrogen-bond acceptors (Lipinski definition) is 3. The first-order valence-corrected chi connectivity index (χ1v) is 6.66. The van der Waals surface area contributed by atoms with Gasteiger partial charge in [-0.15, -0.1) is 0 Å².